The molecule has 1 aliphatic rings. The van der Waals surface area contributed by atoms with Crippen LogP contribution in [0.5, 0.6) is 0 Å². The van der Waals surface area contributed by atoms with Crippen LogP contribution in [0.25, 0.3) is 5.69 Å². The van der Waals surface area contributed by atoms with Gasteiger partial charge in [-0.1, -0.05) is 36.4 Å². The lowest BCUT2D eigenvalue weighted by molar-refractivity contribution is 0.315. The summed E-state index contributed by atoms with van der Waals surface area (Å²) < 4.78 is 3.40. The topological polar surface area (TPSA) is 45.1 Å². The van der Waals surface area contributed by atoms with Gasteiger partial charge in [0.25, 0.3) is 0 Å². The Bertz CT molecular complexity index is 1340. The number of aromatic nitrogens is 2. The molecule has 0 saturated carbocycles. The third-order valence-electron chi connectivity index (χ3n) is 6.76. The summed E-state index contributed by atoms with van der Waals surface area (Å²) in [6.45, 7) is 6.09. The molecule has 0 aliphatic carbocycles. The highest BCUT2D eigenvalue weighted by Gasteiger charge is 2.41. The molecular formula is C29H30BrN5S. The third-order valence-corrected chi connectivity index (χ3v) is 7.78. The van der Waals surface area contributed by atoms with Gasteiger partial charge in [0.15, 0.2) is 5.11 Å². The molecule has 0 spiro atoms. The highest BCUT2D eigenvalue weighted by atomic mass is 79.9. The summed E-state index contributed by atoms with van der Waals surface area (Å²) in [4.78, 5) is 7.04. The van der Waals surface area contributed by atoms with Crippen LogP contribution in [-0.4, -0.2) is 32.7 Å². The van der Waals surface area contributed by atoms with Crippen molar-refractivity contribution in [1.82, 2.24) is 19.8 Å². The molecule has 3 heterocycles. The molecule has 5 nitrogen and oxygen atoms in total. The second-order valence-electron chi connectivity index (χ2n) is 9.08. The molecule has 4 aromatic rings. The Kier molecular flexibility index (Phi) is 7.39. The Morgan fingerprint density at radius 2 is 1.75 bits per heavy atom. The molecule has 2 aromatic heterocycles. The number of halogens is 1. The Morgan fingerprint density at radius 1 is 1.00 bits per heavy atom. The molecule has 1 saturated heterocycles. The quantitative estimate of drug-likeness (QED) is 0.185. The zero-order valence-electron chi connectivity index (χ0n) is 20.5. The zero-order chi connectivity index (χ0) is 25.1. The van der Waals surface area contributed by atoms with E-state index in [-0.39, 0.29) is 12.1 Å². The molecule has 1 aliphatic heterocycles. The molecule has 36 heavy (non-hydrogen) atoms. The number of thiocarbonyl (C=S) groups is 1. The summed E-state index contributed by atoms with van der Waals surface area (Å²) >= 11 is 9.63. The van der Waals surface area contributed by atoms with E-state index in [1.807, 2.05) is 30.5 Å². The predicted molar refractivity (Wildman–Crippen MR) is 155 cm³/mol. The first kappa shape index (κ1) is 24.5. The zero-order valence-corrected chi connectivity index (χ0v) is 22.9. The standard InChI is InChI=1S/C29H30BrN5S/c1-20-19-23(21(2)35(20)26-15-7-6-13-24(26)30)28-27(25-14-8-9-16-32-25)33-29(36)34(28)18-10-17-31-22-11-4-3-5-12-22/h3-9,11-16,19,27-28,31H,10,17-18H2,1-2H3,(H,33,36). The van der Waals surface area contributed by atoms with Gasteiger partial charge >= 0.3 is 0 Å². The molecule has 0 radical (unpaired) electrons. The van der Waals surface area contributed by atoms with Crippen LogP contribution in [0.15, 0.2) is 89.5 Å². The van der Waals surface area contributed by atoms with Crippen molar-refractivity contribution >= 4 is 38.9 Å². The normalized spacial score (nSPS) is 17.3. The van der Waals surface area contributed by atoms with E-state index in [9.17, 15) is 0 Å². The van der Waals surface area contributed by atoms with Crippen molar-refractivity contribution in [2.75, 3.05) is 18.4 Å². The van der Waals surface area contributed by atoms with Crippen LogP contribution < -0.4 is 10.6 Å². The number of rotatable bonds is 8. The van der Waals surface area contributed by atoms with Crippen LogP contribution in [-0.2, 0) is 0 Å². The van der Waals surface area contributed by atoms with E-state index in [0.29, 0.717) is 0 Å². The van der Waals surface area contributed by atoms with Crippen molar-refractivity contribution in [3.05, 3.63) is 112 Å². The molecule has 2 unspecified atom stereocenters. The van der Waals surface area contributed by atoms with Gasteiger partial charge < -0.3 is 20.1 Å². The minimum Gasteiger partial charge on any atom is -0.385 e. The molecule has 0 amide bonds. The number of para-hydroxylation sites is 2. The Labute approximate surface area is 226 Å². The van der Waals surface area contributed by atoms with Crippen molar-refractivity contribution in [2.24, 2.45) is 0 Å². The smallest absolute Gasteiger partial charge is 0.170 e. The minimum absolute atomic E-state index is 0.0195. The number of hydrogen-bond acceptors (Lipinski definition) is 3. The number of pyridine rings is 1. The van der Waals surface area contributed by atoms with Gasteiger partial charge in [-0.05, 0) is 96.4 Å². The molecule has 184 valence electrons. The van der Waals surface area contributed by atoms with Gasteiger partial charge in [0.05, 0.1) is 23.5 Å². The first-order valence-electron chi connectivity index (χ1n) is 12.3. The van der Waals surface area contributed by atoms with E-state index in [1.165, 1.54) is 17.0 Å². The van der Waals surface area contributed by atoms with E-state index in [0.717, 1.165) is 46.2 Å². The lowest BCUT2D eigenvalue weighted by Crippen LogP contribution is -2.31. The number of hydrogen-bond donors (Lipinski definition) is 2. The summed E-state index contributed by atoms with van der Waals surface area (Å²) in [5.74, 6) is 0. The van der Waals surface area contributed by atoms with Gasteiger partial charge in [-0.2, -0.15) is 0 Å². The maximum Gasteiger partial charge on any atom is 0.170 e. The SMILES string of the molecule is Cc1cc(C2C(c3ccccn3)NC(=S)N2CCCNc2ccccc2)c(C)n1-c1ccccc1Br. The maximum absolute atomic E-state index is 5.89. The van der Waals surface area contributed by atoms with Crippen LogP contribution in [0.3, 0.4) is 0 Å². The molecular weight excluding hydrogens is 530 g/mol. The number of anilines is 1. The molecule has 2 aromatic carbocycles. The summed E-state index contributed by atoms with van der Waals surface area (Å²) in [5.41, 5.74) is 6.95. The molecule has 7 heteroatoms. The Hall–Kier alpha value is -3.16. The highest BCUT2D eigenvalue weighted by molar-refractivity contribution is 9.10. The fraction of sp³-hybridized carbons (Fsp3) is 0.241. The second-order valence-corrected chi connectivity index (χ2v) is 10.3. The van der Waals surface area contributed by atoms with E-state index in [2.05, 4.69) is 104 Å². The molecule has 1 fully saturated rings. The minimum atomic E-state index is -0.0195. The van der Waals surface area contributed by atoms with Crippen LogP contribution in [0.1, 0.15) is 41.1 Å². The number of aryl methyl sites for hydroxylation is 1. The lowest BCUT2D eigenvalue weighted by atomic mass is 9.96. The van der Waals surface area contributed by atoms with E-state index >= 15 is 0 Å². The monoisotopic (exact) mass is 559 g/mol. The largest absolute Gasteiger partial charge is 0.385 e. The molecule has 5 rings (SSSR count). The van der Waals surface area contributed by atoms with Gasteiger partial charge in [-0.3, -0.25) is 4.98 Å². The number of nitrogens with one attached hydrogen (secondary N) is 2. The fourth-order valence-corrected chi connectivity index (χ4v) is 5.91. The van der Waals surface area contributed by atoms with Crippen LogP contribution in [0.2, 0.25) is 0 Å². The first-order valence-corrected chi connectivity index (χ1v) is 13.5. The summed E-state index contributed by atoms with van der Waals surface area (Å²) in [5, 5.41) is 7.89. The number of nitrogens with zero attached hydrogens (tertiary/aromatic N) is 3. The Balaban J connectivity index is 1.46. The van der Waals surface area contributed by atoms with E-state index in [4.69, 9.17) is 17.2 Å². The third kappa shape index (κ3) is 4.90. The van der Waals surface area contributed by atoms with Gasteiger partial charge in [0.1, 0.15) is 0 Å². The van der Waals surface area contributed by atoms with Crippen LogP contribution in [0, 0.1) is 13.8 Å². The molecule has 2 atom stereocenters. The average molecular weight is 561 g/mol. The number of benzene rings is 2. The lowest BCUT2D eigenvalue weighted by Gasteiger charge is -2.28. The highest BCUT2D eigenvalue weighted by Crippen LogP contribution is 2.41. The van der Waals surface area contributed by atoms with Gasteiger partial charge in [-0.15, -0.1) is 0 Å². The first-order chi connectivity index (χ1) is 17.5. The van der Waals surface area contributed by atoms with E-state index in [1.54, 1.807) is 0 Å². The van der Waals surface area contributed by atoms with Crippen LogP contribution >= 0.6 is 28.1 Å². The summed E-state index contributed by atoms with van der Waals surface area (Å²) in [6, 6.07) is 27.1. The maximum atomic E-state index is 5.89. The van der Waals surface area contributed by atoms with Gasteiger partial charge in [0, 0.05) is 40.8 Å². The van der Waals surface area contributed by atoms with Gasteiger partial charge in [-0.25, -0.2) is 0 Å². The van der Waals surface area contributed by atoms with Crippen LogP contribution in [0.4, 0.5) is 5.69 Å². The molecule has 0 bridgehead atoms. The van der Waals surface area contributed by atoms with Crippen molar-refractivity contribution in [3.8, 4) is 5.69 Å². The predicted octanol–water partition coefficient (Wildman–Crippen LogP) is 6.73. The van der Waals surface area contributed by atoms with Crippen molar-refractivity contribution in [3.63, 3.8) is 0 Å². The second kappa shape index (κ2) is 10.8. The van der Waals surface area contributed by atoms with Crippen molar-refractivity contribution in [1.29, 1.82) is 0 Å². The summed E-state index contributed by atoms with van der Waals surface area (Å²) in [6.07, 6.45) is 2.82. The molecule has 2 N–H and O–H groups in total. The van der Waals surface area contributed by atoms with Crippen molar-refractivity contribution in [2.45, 2.75) is 32.4 Å². The Morgan fingerprint density at radius 3 is 2.50 bits per heavy atom. The summed E-state index contributed by atoms with van der Waals surface area (Å²) in [7, 11) is 0. The van der Waals surface area contributed by atoms with Gasteiger partial charge in [0.2, 0.25) is 0 Å². The van der Waals surface area contributed by atoms with Crippen molar-refractivity contribution < 1.29 is 0 Å². The fourth-order valence-electron chi connectivity index (χ4n) is 5.11. The average Bonchev–Trinajstić information content (AvgIpc) is 3.38. The van der Waals surface area contributed by atoms with E-state index < -0.39 is 0 Å².